The van der Waals surface area contributed by atoms with E-state index in [9.17, 15) is 4.79 Å². The van der Waals surface area contributed by atoms with E-state index in [1.165, 1.54) is 17.5 Å². The summed E-state index contributed by atoms with van der Waals surface area (Å²) in [5.41, 5.74) is 5.17. The van der Waals surface area contributed by atoms with E-state index in [0.29, 0.717) is 17.9 Å². The normalized spacial score (nSPS) is 13.4. The van der Waals surface area contributed by atoms with Crippen LogP contribution in [0.3, 0.4) is 0 Å². The maximum atomic E-state index is 11.6. The molecule has 2 heterocycles. The molecule has 0 saturated heterocycles. The number of hydrogen-bond donors (Lipinski definition) is 2. The summed E-state index contributed by atoms with van der Waals surface area (Å²) in [5.74, 6) is 5.48. The van der Waals surface area contributed by atoms with E-state index in [4.69, 9.17) is 10.3 Å². The van der Waals surface area contributed by atoms with Gasteiger partial charge >= 0.3 is 0 Å². The lowest BCUT2D eigenvalue weighted by atomic mass is 10.2. The van der Waals surface area contributed by atoms with Crippen LogP contribution >= 0.6 is 0 Å². The van der Waals surface area contributed by atoms with Gasteiger partial charge in [-0.15, -0.1) is 0 Å². The molecule has 98 valence electrons. The van der Waals surface area contributed by atoms with Gasteiger partial charge in [0, 0.05) is 12.2 Å². The topological polar surface area (TPSA) is 71.5 Å². The van der Waals surface area contributed by atoms with Gasteiger partial charge in [0.25, 0.3) is 5.91 Å². The van der Waals surface area contributed by atoms with Crippen molar-refractivity contribution < 1.29 is 9.21 Å². The van der Waals surface area contributed by atoms with Crippen molar-refractivity contribution in [3.63, 3.8) is 0 Å². The largest absolute Gasteiger partial charge is 0.467 e. The van der Waals surface area contributed by atoms with E-state index in [0.717, 1.165) is 13.0 Å². The third-order valence-electron chi connectivity index (χ3n) is 3.44. The lowest BCUT2D eigenvalue weighted by Gasteiger charge is -2.18. The maximum Gasteiger partial charge on any atom is 0.268 e. The summed E-state index contributed by atoms with van der Waals surface area (Å²) >= 11 is 0. The van der Waals surface area contributed by atoms with Crippen molar-refractivity contribution in [1.82, 2.24) is 5.43 Å². The third-order valence-corrected chi connectivity index (χ3v) is 3.44. The zero-order valence-corrected chi connectivity index (χ0v) is 10.4. The molecule has 5 nitrogen and oxygen atoms in total. The van der Waals surface area contributed by atoms with Crippen molar-refractivity contribution >= 4 is 11.6 Å². The fraction of sp³-hybridized carbons (Fsp3) is 0.214. The highest BCUT2D eigenvalue weighted by Crippen LogP contribution is 2.29. The Hall–Kier alpha value is -2.27. The van der Waals surface area contributed by atoms with Crippen LogP contribution in [-0.2, 0) is 13.0 Å². The van der Waals surface area contributed by atoms with Crippen LogP contribution in [0.25, 0.3) is 0 Å². The summed E-state index contributed by atoms with van der Waals surface area (Å²) in [6.45, 7) is 1.51. The van der Waals surface area contributed by atoms with Crippen molar-refractivity contribution in [1.29, 1.82) is 0 Å². The molecular formula is C14H15N3O2. The van der Waals surface area contributed by atoms with Crippen molar-refractivity contribution in [3.05, 3.63) is 53.5 Å². The van der Waals surface area contributed by atoms with E-state index < -0.39 is 0 Å². The number of rotatable bonds is 3. The van der Waals surface area contributed by atoms with Crippen LogP contribution in [0.5, 0.6) is 0 Å². The SMILES string of the molecule is NNC(=O)c1ccoc1CN1CCc2ccccc21. The molecule has 0 saturated carbocycles. The maximum absolute atomic E-state index is 11.6. The van der Waals surface area contributed by atoms with E-state index in [1.807, 2.05) is 12.1 Å². The first-order chi connectivity index (χ1) is 9.29. The van der Waals surface area contributed by atoms with Gasteiger partial charge in [0.15, 0.2) is 0 Å². The number of fused-ring (bicyclic) bond motifs is 1. The van der Waals surface area contributed by atoms with E-state index >= 15 is 0 Å². The first kappa shape index (κ1) is 11.8. The lowest BCUT2D eigenvalue weighted by molar-refractivity contribution is 0.0951. The van der Waals surface area contributed by atoms with Crippen molar-refractivity contribution in [2.24, 2.45) is 5.84 Å². The number of amides is 1. The van der Waals surface area contributed by atoms with Gasteiger partial charge in [-0.25, -0.2) is 5.84 Å². The Morgan fingerprint density at radius 3 is 3.05 bits per heavy atom. The molecule has 0 radical (unpaired) electrons. The Kier molecular flexibility index (Phi) is 2.97. The molecule has 1 aromatic heterocycles. The van der Waals surface area contributed by atoms with Crippen LogP contribution in [0.4, 0.5) is 5.69 Å². The average Bonchev–Trinajstić information content (AvgIpc) is 3.06. The van der Waals surface area contributed by atoms with Gasteiger partial charge in [0.05, 0.1) is 18.4 Å². The fourth-order valence-electron chi connectivity index (χ4n) is 2.49. The predicted octanol–water partition coefficient (Wildman–Crippen LogP) is 1.45. The molecule has 1 aliphatic heterocycles. The summed E-state index contributed by atoms with van der Waals surface area (Å²) in [6, 6.07) is 9.92. The molecular weight excluding hydrogens is 242 g/mol. The van der Waals surface area contributed by atoms with Gasteiger partial charge in [-0.1, -0.05) is 18.2 Å². The quantitative estimate of drug-likeness (QED) is 0.496. The number of para-hydroxylation sites is 1. The van der Waals surface area contributed by atoms with Crippen LogP contribution in [-0.4, -0.2) is 12.5 Å². The first-order valence-corrected chi connectivity index (χ1v) is 6.20. The molecule has 3 rings (SSSR count). The molecule has 5 heteroatoms. The number of carbonyl (C=O) groups is 1. The second kappa shape index (κ2) is 4.78. The molecule has 19 heavy (non-hydrogen) atoms. The minimum absolute atomic E-state index is 0.323. The molecule has 0 atom stereocenters. The van der Waals surface area contributed by atoms with Crippen molar-refractivity contribution in [2.75, 3.05) is 11.4 Å². The highest BCUT2D eigenvalue weighted by atomic mass is 16.3. The van der Waals surface area contributed by atoms with Gasteiger partial charge in [-0.3, -0.25) is 10.2 Å². The number of carbonyl (C=O) groups excluding carboxylic acids is 1. The molecule has 2 aromatic rings. The number of nitrogens with one attached hydrogen (secondary N) is 1. The van der Waals surface area contributed by atoms with Crippen molar-refractivity contribution in [3.8, 4) is 0 Å². The Labute approximate surface area is 111 Å². The van der Waals surface area contributed by atoms with Gasteiger partial charge < -0.3 is 9.32 Å². The van der Waals surface area contributed by atoms with Crippen LogP contribution in [0.1, 0.15) is 21.7 Å². The zero-order valence-electron chi connectivity index (χ0n) is 10.4. The monoisotopic (exact) mass is 257 g/mol. The van der Waals surface area contributed by atoms with Gasteiger partial charge in [0.2, 0.25) is 0 Å². The minimum Gasteiger partial charge on any atom is -0.467 e. The van der Waals surface area contributed by atoms with Crippen molar-refractivity contribution in [2.45, 2.75) is 13.0 Å². The molecule has 0 unspecified atom stereocenters. The van der Waals surface area contributed by atoms with E-state index in [-0.39, 0.29) is 5.91 Å². The molecule has 1 aromatic carbocycles. The van der Waals surface area contributed by atoms with Gasteiger partial charge in [-0.2, -0.15) is 0 Å². The smallest absolute Gasteiger partial charge is 0.268 e. The molecule has 1 amide bonds. The highest BCUT2D eigenvalue weighted by molar-refractivity contribution is 5.94. The molecule has 0 fully saturated rings. The summed E-state index contributed by atoms with van der Waals surface area (Å²) in [7, 11) is 0. The summed E-state index contributed by atoms with van der Waals surface area (Å²) < 4.78 is 5.41. The molecule has 0 spiro atoms. The number of nitrogen functional groups attached to an aromatic ring is 1. The van der Waals surface area contributed by atoms with Crippen LogP contribution < -0.4 is 16.2 Å². The summed E-state index contributed by atoms with van der Waals surface area (Å²) in [6.07, 6.45) is 2.54. The summed E-state index contributed by atoms with van der Waals surface area (Å²) in [5, 5.41) is 0. The molecule has 1 aliphatic rings. The fourth-order valence-corrected chi connectivity index (χ4v) is 2.49. The third kappa shape index (κ3) is 2.08. The van der Waals surface area contributed by atoms with Crippen LogP contribution in [0, 0.1) is 0 Å². The minimum atomic E-state index is -0.323. The predicted molar refractivity (Wildman–Crippen MR) is 71.6 cm³/mol. The number of hydrogen-bond acceptors (Lipinski definition) is 4. The van der Waals surface area contributed by atoms with E-state index in [1.54, 1.807) is 6.07 Å². The second-order valence-corrected chi connectivity index (χ2v) is 4.53. The molecule has 0 bridgehead atoms. The molecule has 3 N–H and O–H groups in total. The number of anilines is 1. The molecule has 0 aliphatic carbocycles. The summed E-state index contributed by atoms with van der Waals surface area (Å²) in [4.78, 5) is 13.8. The highest BCUT2D eigenvalue weighted by Gasteiger charge is 2.22. The Bertz CT molecular complexity index is 606. The Balaban J connectivity index is 1.84. The number of nitrogens with zero attached hydrogens (tertiary/aromatic N) is 1. The number of hydrazine groups is 1. The zero-order chi connectivity index (χ0) is 13.2. The van der Waals surface area contributed by atoms with Crippen LogP contribution in [0.15, 0.2) is 41.0 Å². The van der Waals surface area contributed by atoms with Crippen LogP contribution in [0.2, 0.25) is 0 Å². The number of nitrogens with two attached hydrogens (primary N) is 1. The second-order valence-electron chi connectivity index (χ2n) is 4.53. The van der Waals surface area contributed by atoms with E-state index in [2.05, 4.69) is 22.5 Å². The van der Waals surface area contributed by atoms with Gasteiger partial charge in [-0.05, 0) is 24.1 Å². The average molecular weight is 257 g/mol. The number of furan rings is 1. The first-order valence-electron chi connectivity index (χ1n) is 6.20. The Morgan fingerprint density at radius 2 is 2.21 bits per heavy atom. The standard InChI is InChI=1S/C14H15N3O2/c15-16-14(18)11-6-8-19-13(11)9-17-7-5-10-3-1-2-4-12(10)17/h1-4,6,8H,5,7,9,15H2,(H,16,18). The number of benzene rings is 1. The van der Waals surface area contributed by atoms with Gasteiger partial charge in [0.1, 0.15) is 5.76 Å². The lowest BCUT2D eigenvalue weighted by Crippen LogP contribution is -2.31. The Morgan fingerprint density at radius 1 is 1.37 bits per heavy atom.